The maximum atomic E-state index is 12.2. The summed E-state index contributed by atoms with van der Waals surface area (Å²) in [5, 5.41) is 11.5. The molecule has 0 radical (unpaired) electrons. The molecule has 5 rings (SSSR count). The quantitative estimate of drug-likeness (QED) is 0.509. The van der Waals surface area contributed by atoms with Gasteiger partial charge in [0.1, 0.15) is 11.4 Å². The topological polar surface area (TPSA) is 113 Å². The van der Waals surface area contributed by atoms with Crippen LogP contribution in [0.25, 0.3) is 44.7 Å². The normalized spacial score (nSPS) is 11.2. The molecule has 0 fully saturated rings. The van der Waals surface area contributed by atoms with E-state index in [1.807, 2.05) is 30.3 Å². The maximum absolute atomic E-state index is 12.2. The smallest absolute Gasteiger partial charge is 0.209 e. The van der Waals surface area contributed by atoms with Gasteiger partial charge in [-0.3, -0.25) is 9.78 Å². The van der Waals surface area contributed by atoms with E-state index in [1.54, 1.807) is 18.6 Å². The van der Waals surface area contributed by atoms with Gasteiger partial charge in [0.05, 0.1) is 17.4 Å². The van der Waals surface area contributed by atoms with Crippen LogP contribution in [0.15, 0.2) is 59.8 Å². The van der Waals surface area contributed by atoms with Crippen LogP contribution in [0.4, 0.5) is 0 Å². The lowest BCUT2D eigenvalue weighted by molar-refractivity contribution is 0.940. The lowest BCUT2D eigenvalue weighted by Gasteiger charge is -2.08. The molecule has 4 aromatic heterocycles. The highest BCUT2D eigenvalue weighted by atomic mass is 16.1. The van der Waals surface area contributed by atoms with Crippen LogP contribution in [-0.4, -0.2) is 35.3 Å². The molecule has 26 heavy (non-hydrogen) atoms. The van der Waals surface area contributed by atoms with Crippen molar-refractivity contribution in [2.24, 2.45) is 0 Å². The van der Waals surface area contributed by atoms with Crippen LogP contribution >= 0.6 is 0 Å². The highest BCUT2D eigenvalue weighted by Crippen LogP contribution is 2.30. The fourth-order valence-electron chi connectivity index (χ4n) is 2.90. The predicted octanol–water partition coefficient (Wildman–Crippen LogP) is 2.32. The summed E-state index contributed by atoms with van der Waals surface area (Å²) in [7, 11) is 0. The van der Waals surface area contributed by atoms with Crippen molar-refractivity contribution in [2.75, 3.05) is 0 Å². The summed E-state index contributed by atoms with van der Waals surface area (Å²) < 4.78 is 0. The fourth-order valence-corrected chi connectivity index (χ4v) is 2.90. The number of hydrogen-bond donors (Lipinski definition) is 2. The third-order valence-corrected chi connectivity index (χ3v) is 4.12. The van der Waals surface area contributed by atoms with Gasteiger partial charge in [-0.25, -0.2) is 9.97 Å². The van der Waals surface area contributed by atoms with Gasteiger partial charge in [0, 0.05) is 29.4 Å². The van der Waals surface area contributed by atoms with Crippen LogP contribution < -0.4 is 5.43 Å². The molecule has 1 aromatic carbocycles. The molecule has 0 saturated heterocycles. The first-order valence-corrected chi connectivity index (χ1v) is 7.90. The van der Waals surface area contributed by atoms with E-state index < -0.39 is 0 Å². The van der Waals surface area contributed by atoms with Gasteiger partial charge < -0.3 is 4.98 Å². The Morgan fingerprint density at radius 2 is 1.96 bits per heavy atom. The van der Waals surface area contributed by atoms with Crippen molar-refractivity contribution in [1.82, 2.24) is 35.3 Å². The molecule has 4 heterocycles. The number of aromatic nitrogens is 7. The third-order valence-electron chi connectivity index (χ3n) is 4.12. The zero-order chi connectivity index (χ0) is 17.5. The second-order valence-corrected chi connectivity index (χ2v) is 5.73. The molecule has 2 N–H and O–H groups in total. The lowest BCUT2D eigenvalue weighted by Crippen LogP contribution is -2.06. The van der Waals surface area contributed by atoms with Crippen LogP contribution in [-0.2, 0) is 0 Å². The molecule has 8 heteroatoms. The summed E-state index contributed by atoms with van der Waals surface area (Å²) >= 11 is 0. The monoisotopic (exact) mass is 341 g/mol. The number of hydrogen-bond acceptors (Lipinski definition) is 6. The Kier molecular flexibility index (Phi) is 3.08. The van der Waals surface area contributed by atoms with Crippen molar-refractivity contribution in [1.29, 1.82) is 0 Å². The first kappa shape index (κ1) is 14.4. The van der Waals surface area contributed by atoms with E-state index in [1.165, 1.54) is 6.07 Å². The molecule has 0 aliphatic rings. The maximum Gasteiger partial charge on any atom is 0.209 e. The summed E-state index contributed by atoms with van der Waals surface area (Å²) in [6.07, 6.45) is 4.87. The van der Waals surface area contributed by atoms with E-state index in [9.17, 15) is 4.79 Å². The number of rotatable bonds is 2. The van der Waals surface area contributed by atoms with E-state index in [0.29, 0.717) is 22.7 Å². The van der Waals surface area contributed by atoms with Gasteiger partial charge in [-0.1, -0.05) is 12.1 Å². The summed E-state index contributed by atoms with van der Waals surface area (Å²) in [4.78, 5) is 28.7. The van der Waals surface area contributed by atoms with Gasteiger partial charge in [0.25, 0.3) is 0 Å². The third kappa shape index (κ3) is 2.24. The standard InChI is InChI=1S/C18H11N7O/c26-14-5-7-20-18-17(14)22-15(16(23-18)13-9-21-25-24-13)11-3-4-12-10(8-11)2-1-6-19-12/h1-9H,(H,20,23,26)(H,21,24,25). The van der Waals surface area contributed by atoms with Gasteiger partial charge in [-0.2, -0.15) is 15.4 Å². The zero-order valence-electron chi connectivity index (χ0n) is 13.3. The minimum atomic E-state index is -0.193. The SMILES string of the molecule is O=c1cc[nH]c2nc(-c3cn[nH]n3)c(-c3ccc4ncccc4c3)nc12. The van der Waals surface area contributed by atoms with Crippen molar-refractivity contribution < 1.29 is 0 Å². The largest absolute Gasteiger partial charge is 0.345 e. The van der Waals surface area contributed by atoms with Gasteiger partial charge in [0.15, 0.2) is 11.2 Å². The molecule has 0 bridgehead atoms. The number of H-pyrrole nitrogens is 2. The molecular weight excluding hydrogens is 330 g/mol. The number of fused-ring (bicyclic) bond motifs is 2. The molecule has 5 aromatic rings. The molecular formula is C18H11N7O. The number of nitrogens with one attached hydrogen (secondary N) is 2. The van der Waals surface area contributed by atoms with Gasteiger partial charge in [-0.15, -0.1) is 0 Å². The Morgan fingerprint density at radius 3 is 2.85 bits per heavy atom. The zero-order valence-corrected chi connectivity index (χ0v) is 13.3. The average molecular weight is 341 g/mol. The first-order chi connectivity index (χ1) is 12.8. The molecule has 8 nitrogen and oxygen atoms in total. The number of pyridine rings is 2. The summed E-state index contributed by atoms with van der Waals surface area (Å²) in [6.45, 7) is 0. The van der Waals surface area contributed by atoms with Crippen molar-refractivity contribution in [3.05, 3.63) is 65.2 Å². The average Bonchev–Trinajstić information content (AvgIpc) is 3.22. The van der Waals surface area contributed by atoms with Gasteiger partial charge >= 0.3 is 0 Å². The van der Waals surface area contributed by atoms with Crippen molar-refractivity contribution >= 4 is 22.1 Å². The van der Waals surface area contributed by atoms with Crippen LogP contribution in [0.1, 0.15) is 0 Å². The summed E-state index contributed by atoms with van der Waals surface area (Å²) in [6, 6.07) is 11.1. The van der Waals surface area contributed by atoms with Crippen molar-refractivity contribution in [3.8, 4) is 22.6 Å². The molecule has 0 aliphatic heterocycles. The Morgan fingerprint density at radius 1 is 1.00 bits per heavy atom. The lowest BCUT2D eigenvalue weighted by atomic mass is 10.0. The number of nitrogens with zero attached hydrogens (tertiary/aromatic N) is 5. The Labute approximate surface area is 146 Å². The van der Waals surface area contributed by atoms with Gasteiger partial charge in [0.2, 0.25) is 5.43 Å². The second-order valence-electron chi connectivity index (χ2n) is 5.73. The minimum Gasteiger partial charge on any atom is -0.345 e. The van der Waals surface area contributed by atoms with E-state index >= 15 is 0 Å². The fraction of sp³-hybridized carbons (Fsp3) is 0. The van der Waals surface area contributed by atoms with E-state index in [0.717, 1.165) is 16.5 Å². The molecule has 0 saturated carbocycles. The van der Waals surface area contributed by atoms with Crippen LogP contribution in [0, 0.1) is 0 Å². The molecule has 0 aliphatic carbocycles. The highest BCUT2D eigenvalue weighted by molar-refractivity contribution is 5.88. The minimum absolute atomic E-state index is 0.193. The van der Waals surface area contributed by atoms with E-state index in [4.69, 9.17) is 0 Å². The Bertz CT molecular complexity index is 1310. The Balaban J connectivity index is 1.85. The summed E-state index contributed by atoms with van der Waals surface area (Å²) in [5.41, 5.74) is 3.84. The van der Waals surface area contributed by atoms with Gasteiger partial charge in [-0.05, 0) is 18.2 Å². The molecule has 0 spiro atoms. The highest BCUT2D eigenvalue weighted by Gasteiger charge is 2.17. The van der Waals surface area contributed by atoms with Crippen LogP contribution in [0.5, 0.6) is 0 Å². The number of aromatic amines is 2. The molecule has 0 atom stereocenters. The predicted molar refractivity (Wildman–Crippen MR) is 96.3 cm³/mol. The molecule has 0 unspecified atom stereocenters. The van der Waals surface area contributed by atoms with Crippen LogP contribution in [0.3, 0.4) is 0 Å². The second kappa shape index (κ2) is 5.55. The first-order valence-electron chi connectivity index (χ1n) is 7.90. The van der Waals surface area contributed by atoms with E-state index in [2.05, 4.69) is 35.3 Å². The van der Waals surface area contributed by atoms with Crippen molar-refractivity contribution in [2.45, 2.75) is 0 Å². The van der Waals surface area contributed by atoms with E-state index in [-0.39, 0.29) is 10.9 Å². The summed E-state index contributed by atoms with van der Waals surface area (Å²) in [5.74, 6) is 0. The van der Waals surface area contributed by atoms with Crippen molar-refractivity contribution in [3.63, 3.8) is 0 Å². The molecule has 0 amide bonds. The molecule has 124 valence electrons. The van der Waals surface area contributed by atoms with Crippen LogP contribution in [0.2, 0.25) is 0 Å². The number of benzene rings is 1. The Hall–Kier alpha value is -3.94.